The van der Waals surface area contributed by atoms with Crippen molar-refractivity contribution in [1.29, 1.82) is 5.26 Å². The second-order valence-corrected chi connectivity index (χ2v) is 5.92. The summed E-state index contributed by atoms with van der Waals surface area (Å²) in [5.74, 6) is 1.37. The van der Waals surface area contributed by atoms with Gasteiger partial charge in [-0.1, -0.05) is 6.07 Å². The van der Waals surface area contributed by atoms with Crippen molar-refractivity contribution in [1.82, 2.24) is 9.97 Å². The largest absolute Gasteiger partial charge is 0.461 e. The summed E-state index contributed by atoms with van der Waals surface area (Å²) in [6.45, 7) is 0.141. The van der Waals surface area contributed by atoms with Gasteiger partial charge in [0.05, 0.1) is 29.1 Å². The molecule has 0 amide bonds. The Labute approximate surface area is 154 Å². The Hall–Kier alpha value is -3.57. The fraction of sp³-hybridized carbons (Fsp3) is 0.211. The van der Waals surface area contributed by atoms with Crippen molar-refractivity contribution < 1.29 is 19.3 Å². The third kappa shape index (κ3) is 3.16. The lowest BCUT2D eigenvalue weighted by Gasteiger charge is -2.12. The van der Waals surface area contributed by atoms with Crippen LogP contribution < -0.4 is 19.9 Å². The second kappa shape index (κ2) is 6.97. The molecule has 8 nitrogen and oxygen atoms in total. The van der Waals surface area contributed by atoms with E-state index in [0.717, 1.165) is 5.56 Å². The quantitative estimate of drug-likeness (QED) is 0.657. The first-order valence-electron chi connectivity index (χ1n) is 8.31. The molecule has 0 fully saturated rings. The van der Waals surface area contributed by atoms with Gasteiger partial charge in [-0.2, -0.15) is 15.2 Å². The minimum Gasteiger partial charge on any atom is -0.461 e. The lowest BCUT2D eigenvalue weighted by molar-refractivity contribution is 0.174. The number of rotatable bonds is 5. The predicted molar refractivity (Wildman–Crippen MR) is 96.6 cm³/mol. The molecule has 1 aliphatic rings. The lowest BCUT2D eigenvalue weighted by atomic mass is 10.0. The van der Waals surface area contributed by atoms with Gasteiger partial charge >= 0.3 is 6.01 Å². The maximum atomic E-state index is 9.28. The van der Waals surface area contributed by atoms with Crippen LogP contribution in [0.15, 0.2) is 30.3 Å². The molecule has 27 heavy (non-hydrogen) atoms. The molecule has 0 radical (unpaired) electrons. The van der Waals surface area contributed by atoms with Crippen molar-refractivity contribution in [2.75, 3.05) is 25.7 Å². The Morgan fingerprint density at radius 2 is 2.04 bits per heavy atom. The Balaban J connectivity index is 1.82. The van der Waals surface area contributed by atoms with E-state index in [1.807, 2.05) is 18.2 Å². The maximum absolute atomic E-state index is 9.28. The van der Waals surface area contributed by atoms with Crippen LogP contribution in [-0.4, -0.2) is 35.1 Å². The molecule has 3 N–H and O–H groups in total. The van der Waals surface area contributed by atoms with Crippen LogP contribution in [0.25, 0.3) is 10.9 Å². The summed E-state index contributed by atoms with van der Waals surface area (Å²) in [7, 11) is 0. The molecule has 0 unspecified atom stereocenters. The summed E-state index contributed by atoms with van der Waals surface area (Å²) in [6, 6.07) is 11.2. The summed E-state index contributed by atoms with van der Waals surface area (Å²) < 4.78 is 16.2. The first-order chi connectivity index (χ1) is 13.2. The molecule has 3 aromatic rings. The van der Waals surface area contributed by atoms with E-state index in [9.17, 15) is 5.26 Å². The summed E-state index contributed by atoms with van der Waals surface area (Å²) in [6.07, 6.45) is 0.435. The molecule has 0 saturated heterocycles. The highest BCUT2D eigenvalue weighted by molar-refractivity contribution is 5.95. The first kappa shape index (κ1) is 16.9. The number of nitriles is 1. The van der Waals surface area contributed by atoms with E-state index in [-0.39, 0.29) is 26.0 Å². The van der Waals surface area contributed by atoms with Crippen LogP contribution in [0.4, 0.5) is 5.69 Å². The van der Waals surface area contributed by atoms with E-state index in [1.54, 1.807) is 12.1 Å². The number of anilines is 1. The molecule has 4 rings (SSSR count). The van der Waals surface area contributed by atoms with E-state index >= 15 is 0 Å². The van der Waals surface area contributed by atoms with E-state index in [4.69, 9.17) is 25.1 Å². The van der Waals surface area contributed by atoms with Gasteiger partial charge in [-0.05, 0) is 29.8 Å². The molecule has 136 valence electrons. The average molecular weight is 364 g/mol. The van der Waals surface area contributed by atoms with E-state index in [1.165, 1.54) is 0 Å². The number of aliphatic hydroxyl groups excluding tert-OH is 1. The Kier molecular flexibility index (Phi) is 4.36. The van der Waals surface area contributed by atoms with Crippen LogP contribution in [0.1, 0.15) is 16.8 Å². The van der Waals surface area contributed by atoms with Gasteiger partial charge < -0.3 is 25.1 Å². The molecule has 0 aliphatic carbocycles. The monoisotopic (exact) mass is 364 g/mol. The van der Waals surface area contributed by atoms with Gasteiger partial charge in [0.15, 0.2) is 11.5 Å². The molecule has 1 aromatic heterocycles. The zero-order valence-electron chi connectivity index (χ0n) is 14.3. The topological polar surface area (TPSA) is 124 Å². The average Bonchev–Trinajstić information content (AvgIpc) is 3.14. The van der Waals surface area contributed by atoms with E-state index < -0.39 is 0 Å². The Morgan fingerprint density at radius 1 is 1.19 bits per heavy atom. The second-order valence-electron chi connectivity index (χ2n) is 5.92. The number of fused-ring (bicyclic) bond motifs is 2. The van der Waals surface area contributed by atoms with Crippen molar-refractivity contribution in [3.63, 3.8) is 0 Å². The molecule has 0 saturated carbocycles. The molecule has 8 heteroatoms. The van der Waals surface area contributed by atoms with Crippen molar-refractivity contribution >= 4 is 16.6 Å². The van der Waals surface area contributed by atoms with Gasteiger partial charge in [0, 0.05) is 11.8 Å². The number of nitrogen functional groups attached to an aromatic ring is 1. The molecule has 2 heterocycles. The minimum absolute atomic E-state index is 0.0841. The summed E-state index contributed by atoms with van der Waals surface area (Å²) in [5, 5.41) is 18.9. The van der Waals surface area contributed by atoms with Crippen LogP contribution in [0.2, 0.25) is 0 Å². The number of aromatic nitrogens is 2. The third-order valence-corrected chi connectivity index (χ3v) is 4.21. The zero-order valence-corrected chi connectivity index (χ0v) is 14.3. The van der Waals surface area contributed by atoms with Crippen LogP contribution >= 0.6 is 0 Å². The van der Waals surface area contributed by atoms with Crippen molar-refractivity contribution in [3.05, 3.63) is 47.2 Å². The first-order valence-corrected chi connectivity index (χ1v) is 8.31. The Morgan fingerprint density at radius 3 is 2.85 bits per heavy atom. The van der Waals surface area contributed by atoms with Gasteiger partial charge in [0.1, 0.15) is 12.7 Å². The number of aliphatic hydroxyl groups is 1. The Bertz CT molecular complexity index is 1060. The number of hydrogen-bond donors (Lipinski definition) is 2. The third-order valence-electron chi connectivity index (χ3n) is 4.21. The molecule has 0 atom stereocenters. The fourth-order valence-electron chi connectivity index (χ4n) is 2.98. The predicted octanol–water partition coefficient (Wildman–Crippen LogP) is 1.77. The highest BCUT2D eigenvalue weighted by atomic mass is 16.7. The van der Waals surface area contributed by atoms with Gasteiger partial charge in [-0.15, -0.1) is 0 Å². The molecule has 1 aliphatic heterocycles. The lowest BCUT2D eigenvalue weighted by Crippen LogP contribution is -2.08. The number of nitrogens with two attached hydrogens (primary N) is 1. The summed E-state index contributed by atoms with van der Waals surface area (Å²) in [5.41, 5.74) is 9.03. The fourth-order valence-corrected chi connectivity index (χ4v) is 2.98. The molecular formula is C19H16N4O4. The van der Waals surface area contributed by atoms with Crippen LogP contribution in [-0.2, 0) is 6.42 Å². The number of nitrogens with zero attached hydrogens (tertiary/aromatic N) is 3. The molecular weight excluding hydrogens is 348 g/mol. The van der Waals surface area contributed by atoms with E-state index in [0.29, 0.717) is 45.8 Å². The molecule has 2 aromatic carbocycles. The van der Waals surface area contributed by atoms with Crippen molar-refractivity contribution in [3.8, 4) is 23.6 Å². The summed E-state index contributed by atoms with van der Waals surface area (Å²) in [4.78, 5) is 8.79. The highest BCUT2D eigenvalue weighted by Crippen LogP contribution is 2.34. The van der Waals surface area contributed by atoms with Crippen LogP contribution in [0, 0.1) is 11.3 Å². The standard InChI is InChI=1S/C19H16N4O4/c20-9-12-2-3-13-17(18(12)21)14(23-19(22-13)25-6-5-24)7-11-1-4-15-16(8-11)27-10-26-15/h1-4,8,24H,5-7,10,21H2. The van der Waals surface area contributed by atoms with Gasteiger partial charge in [-0.25, -0.2) is 0 Å². The SMILES string of the molecule is N#Cc1ccc2nc(OCCO)nc(Cc3ccc4c(c3)OCO4)c2c1N. The van der Waals surface area contributed by atoms with Crippen molar-refractivity contribution in [2.24, 2.45) is 0 Å². The summed E-state index contributed by atoms with van der Waals surface area (Å²) >= 11 is 0. The minimum atomic E-state index is -0.144. The smallest absolute Gasteiger partial charge is 0.317 e. The molecule has 0 spiro atoms. The van der Waals surface area contributed by atoms with Gasteiger partial charge in [0.25, 0.3) is 0 Å². The number of benzene rings is 2. The van der Waals surface area contributed by atoms with Gasteiger partial charge in [-0.3, -0.25) is 0 Å². The highest BCUT2D eigenvalue weighted by Gasteiger charge is 2.17. The zero-order chi connectivity index (χ0) is 18.8. The maximum Gasteiger partial charge on any atom is 0.317 e. The van der Waals surface area contributed by atoms with Crippen LogP contribution in [0.3, 0.4) is 0 Å². The normalized spacial score (nSPS) is 12.1. The van der Waals surface area contributed by atoms with Crippen LogP contribution in [0.5, 0.6) is 17.5 Å². The number of hydrogen-bond acceptors (Lipinski definition) is 8. The number of ether oxygens (including phenoxy) is 3. The molecule has 0 bridgehead atoms. The van der Waals surface area contributed by atoms with E-state index in [2.05, 4.69) is 16.0 Å². The van der Waals surface area contributed by atoms with Crippen molar-refractivity contribution in [2.45, 2.75) is 6.42 Å². The van der Waals surface area contributed by atoms with Gasteiger partial charge in [0.2, 0.25) is 6.79 Å².